The Labute approximate surface area is 85.0 Å². The van der Waals surface area contributed by atoms with Crippen molar-refractivity contribution < 1.29 is 9.59 Å². The summed E-state index contributed by atoms with van der Waals surface area (Å²) in [5.41, 5.74) is 0.303. The Kier molecular flexibility index (Phi) is 4.91. The predicted octanol–water partition coefficient (Wildman–Crippen LogP) is 0.545. The lowest BCUT2D eigenvalue weighted by Gasteiger charge is -2.13. The molecule has 0 aromatic heterocycles. The molecular formula is C10H18N2O2. The monoisotopic (exact) mass is 198 g/mol. The fourth-order valence-electron chi connectivity index (χ4n) is 0.785. The highest BCUT2D eigenvalue weighted by molar-refractivity contribution is 5.98. The van der Waals surface area contributed by atoms with Gasteiger partial charge in [-0.25, -0.2) is 0 Å². The van der Waals surface area contributed by atoms with Gasteiger partial charge in [0, 0.05) is 25.7 Å². The molecular weight excluding hydrogens is 180 g/mol. The van der Waals surface area contributed by atoms with Crippen LogP contribution in [0.15, 0.2) is 12.2 Å². The van der Waals surface area contributed by atoms with Crippen LogP contribution >= 0.6 is 0 Å². The molecule has 1 N–H and O–H groups in total. The maximum absolute atomic E-state index is 11.3. The fraction of sp³-hybridized carbons (Fsp3) is 0.600. The van der Waals surface area contributed by atoms with Crippen molar-refractivity contribution in [3.63, 3.8) is 0 Å². The standard InChI is InChI=1S/C10H18N2O2/c1-7(2)11-10(14)8(3)6-9(13)12(4)5/h7H,3,6H2,1-2,4-5H3,(H,11,14). The van der Waals surface area contributed by atoms with E-state index in [1.807, 2.05) is 13.8 Å². The number of nitrogens with zero attached hydrogens (tertiary/aromatic N) is 1. The molecule has 0 aromatic rings. The largest absolute Gasteiger partial charge is 0.350 e. The van der Waals surface area contributed by atoms with Crippen LogP contribution in [0.3, 0.4) is 0 Å². The Morgan fingerprint density at radius 2 is 1.86 bits per heavy atom. The highest BCUT2D eigenvalue weighted by atomic mass is 16.2. The van der Waals surface area contributed by atoms with Crippen LogP contribution in [0.5, 0.6) is 0 Å². The highest BCUT2D eigenvalue weighted by Gasteiger charge is 2.13. The lowest BCUT2D eigenvalue weighted by Crippen LogP contribution is -2.33. The van der Waals surface area contributed by atoms with Gasteiger partial charge in [0.05, 0.1) is 6.42 Å². The molecule has 0 atom stereocenters. The fourth-order valence-corrected chi connectivity index (χ4v) is 0.785. The maximum Gasteiger partial charge on any atom is 0.247 e. The first-order valence-electron chi connectivity index (χ1n) is 4.53. The van der Waals surface area contributed by atoms with E-state index >= 15 is 0 Å². The quantitative estimate of drug-likeness (QED) is 0.670. The first kappa shape index (κ1) is 12.7. The molecule has 0 radical (unpaired) electrons. The van der Waals surface area contributed by atoms with E-state index < -0.39 is 0 Å². The summed E-state index contributed by atoms with van der Waals surface area (Å²) in [6.07, 6.45) is 0.0750. The summed E-state index contributed by atoms with van der Waals surface area (Å²) < 4.78 is 0. The first-order valence-corrected chi connectivity index (χ1v) is 4.53. The molecule has 0 bridgehead atoms. The van der Waals surface area contributed by atoms with Crippen molar-refractivity contribution in [2.24, 2.45) is 0 Å². The van der Waals surface area contributed by atoms with Crippen molar-refractivity contribution in [2.75, 3.05) is 14.1 Å². The number of nitrogens with one attached hydrogen (secondary N) is 1. The lowest BCUT2D eigenvalue weighted by atomic mass is 10.2. The van der Waals surface area contributed by atoms with Gasteiger partial charge in [0.2, 0.25) is 11.8 Å². The zero-order chi connectivity index (χ0) is 11.3. The minimum Gasteiger partial charge on any atom is -0.350 e. The van der Waals surface area contributed by atoms with Crippen LogP contribution < -0.4 is 5.32 Å². The molecule has 0 unspecified atom stereocenters. The molecule has 14 heavy (non-hydrogen) atoms. The van der Waals surface area contributed by atoms with Gasteiger partial charge in [0.1, 0.15) is 0 Å². The van der Waals surface area contributed by atoms with Crippen LogP contribution in [-0.4, -0.2) is 36.9 Å². The summed E-state index contributed by atoms with van der Waals surface area (Å²) in [7, 11) is 3.30. The Bertz CT molecular complexity index is 245. The van der Waals surface area contributed by atoms with Gasteiger partial charge in [0.15, 0.2) is 0 Å². The summed E-state index contributed by atoms with van der Waals surface area (Å²) in [6.45, 7) is 7.29. The van der Waals surface area contributed by atoms with Crippen LogP contribution in [0, 0.1) is 0 Å². The van der Waals surface area contributed by atoms with E-state index in [9.17, 15) is 9.59 Å². The normalized spacial score (nSPS) is 9.79. The number of carbonyl (C=O) groups is 2. The molecule has 0 aliphatic carbocycles. The summed E-state index contributed by atoms with van der Waals surface area (Å²) in [4.78, 5) is 24.0. The molecule has 0 spiro atoms. The Hall–Kier alpha value is -1.32. The van der Waals surface area contributed by atoms with E-state index in [2.05, 4.69) is 11.9 Å². The molecule has 80 valence electrons. The van der Waals surface area contributed by atoms with Gasteiger partial charge in [0.25, 0.3) is 0 Å². The van der Waals surface area contributed by atoms with E-state index in [1.165, 1.54) is 4.90 Å². The van der Waals surface area contributed by atoms with Gasteiger partial charge >= 0.3 is 0 Å². The van der Waals surface area contributed by atoms with Gasteiger partial charge in [-0.05, 0) is 13.8 Å². The van der Waals surface area contributed by atoms with Crippen LogP contribution in [0.25, 0.3) is 0 Å². The minimum absolute atomic E-state index is 0.0636. The second-order valence-corrected chi connectivity index (χ2v) is 3.70. The number of rotatable bonds is 4. The number of hydrogen-bond acceptors (Lipinski definition) is 2. The van der Waals surface area contributed by atoms with E-state index in [4.69, 9.17) is 0 Å². The smallest absolute Gasteiger partial charge is 0.247 e. The third-order valence-electron chi connectivity index (χ3n) is 1.60. The topological polar surface area (TPSA) is 49.4 Å². The third-order valence-corrected chi connectivity index (χ3v) is 1.60. The van der Waals surface area contributed by atoms with Crippen molar-refractivity contribution in [2.45, 2.75) is 26.3 Å². The second kappa shape index (κ2) is 5.42. The first-order chi connectivity index (χ1) is 6.34. The zero-order valence-corrected chi connectivity index (χ0v) is 9.26. The minimum atomic E-state index is -0.254. The van der Waals surface area contributed by atoms with E-state index in [0.717, 1.165) is 0 Å². The summed E-state index contributed by atoms with van der Waals surface area (Å²) in [6, 6.07) is 0.0636. The van der Waals surface area contributed by atoms with Crippen LogP contribution in [0.1, 0.15) is 20.3 Å². The molecule has 0 fully saturated rings. The predicted molar refractivity (Wildman–Crippen MR) is 55.7 cm³/mol. The van der Waals surface area contributed by atoms with Gasteiger partial charge in [-0.1, -0.05) is 6.58 Å². The number of hydrogen-bond donors (Lipinski definition) is 1. The molecule has 4 heteroatoms. The van der Waals surface area contributed by atoms with E-state index in [1.54, 1.807) is 14.1 Å². The molecule has 0 saturated heterocycles. The summed E-state index contributed by atoms with van der Waals surface area (Å²) >= 11 is 0. The third kappa shape index (κ3) is 4.64. The van der Waals surface area contributed by atoms with Crippen LogP contribution in [0.4, 0.5) is 0 Å². The molecule has 0 saturated carbocycles. The van der Waals surface area contributed by atoms with E-state index in [-0.39, 0.29) is 24.3 Å². The van der Waals surface area contributed by atoms with Gasteiger partial charge in [-0.3, -0.25) is 9.59 Å². The Balaban J connectivity index is 4.09. The van der Waals surface area contributed by atoms with Gasteiger partial charge in [-0.2, -0.15) is 0 Å². The average molecular weight is 198 g/mol. The zero-order valence-electron chi connectivity index (χ0n) is 9.26. The van der Waals surface area contributed by atoms with Crippen LogP contribution in [-0.2, 0) is 9.59 Å². The molecule has 0 rings (SSSR count). The van der Waals surface area contributed by atoms with Crippen molar-refractivity contribution in [3.8, 4) is 0 Å². The number of carbonyl (C=O) groups excluding carboxylic acids is 2. The molecule has 0 aromatic carbocycles. The Morgan fingerprint density at radius 1 is 1.36 bits per heavy atom. The average Bonchev–Trinajstić information content (AvgIpc) is 2.02. The second-order valence-electron chi connectivity index (χ2n) is 3.70. The SMILES string of the molecule is C=C(CC(=O)N(C)C)C(=O)NC(C)C. The van der Waals surface area contributed by atoms with E-state index in [0.29, 0.717) is 5.57 Å². The van der Waals surface area contributed by atoms with Gasteiger partial charge < -0.3 is 10.2 Å². The van der Waals surface area contributed by atoms with Crippen LogP contribution in [0.2, 0.25) is 0 Å². The van der Waals surface area contributed by atoms with Crippen molar-refractivity contribution in [1.82, 2.24) is 10.2 Å². The molecule has 0 aliphatic rings. The number of amides is 2. The molecule has 2 amide bonds. The van der Waals surface area contributed by atoms with Crippen molar-refractivity contribution in [1.29, 1.82) is 0 Å². The highest BCUT2D eigenvalue weighted by Crippen LogP contribution is 2.01. The molecule has 4 nitrogen and oxygen atoms in total. The maximum atomic E-state index is 11.3. The summed E-state index contributed by atoms with van der Waals surface area (Å²) in [5.74, 6) is -0.371. The Morgan fingerprint density at radius 3 is 2.21 bits per heavy atom. The van der Waals surface area contributed by atoms with Crippen molar-refractivity contribution >= 4 is 11.8 Å². The summed E-state index contributed by atoms with van der Waals surface area (Å²) in [5, 5.41) is 2.68. The lowest BCUT2D eigenvalue weighted by molar-refractivity contribution is -0.129. The molecule has 0 aliphatic heterocycles. The molecule has 0 heterocycles. The van der Waals surface area contributed by atoms with Gasteiger partial charge in [-0.15, -0.1) is 0 Å². The van der Waals surface area contributed by atoms with Crippen molar-refractivity contribution in [3.05, 3.63) is 12.2 Å².